The number of ketones is 1. The summed E-state index contributed by atoms with van der Waals surface area (Å²) in [5.74, 6) is 1.54. The molecule has 2 bridgehead atoms. The maximum atomic E-state index is 13.0. The molecule has 4 fully saturated rings. The van der Waals surface area contributed by atoms with Gasteiger partial charge in [-0.2, -0.15) is 0 Å². The molecule has 5 nitrogen and oxygen atoms in total. The molecule has 0 unspecified atom stereocenters. The number of nitrogens with one attached hydrogen (secondary N) is 1. The van der Waals surface area contributed by atoms with Crippen LogP contribution in [0.4, 0.5) is 0 Å². The summed E-state index contributed by atoms with van der Waals surface area (Å²) in [4.78, 5) is 29.4. The molecule has 24 heavy (non-hydrogen) atoms. The van der Waals surface area contributed by atoms with Crippen LogP contribution in [0.1, 0.15) is 54.6 Å². The number of aryl methyl sites for hydroxylation is 1. The number of carbonyl (C=O) groups is 2. The third-order valence-corrected chi connectivity index (χ3v) is 6.50. The second kappa shape index (κ2) is 5.87. The predicted octanol–water partition coefficient (Wildman–Crippen LogP) is 2.61. The first-order valence-electron chi connectivity index (χ1n) is 9.05. The molecule has 2 N–H and O–H groups in total. The average Bonchev–Trinajstić information content (AvgIpc) is 2.60. The zero-order valence-electron chi connectivity index (χ0n) is 14.0. The lowest BCUT2D eigenvalue weighted by atomic mass is 9.53. The molecular formula is C19H24N2O3. The van der Waals surface area contributed by atoms with Crippen molar-refractivity contribution in [2.75, 3.05) is 0 Å². The summed E-state index contributed by atoms with van der Waals surface area (Å²) < 4.78 is 0. The third kappa shape index (κ3) is 2.41. The molecule has 4 aliphatic carbocycles. The number of aromatic nitrogens is 1. The van der Waals surface area contributed by atoms with Crippen LogP contribution in [-0.4, -0.2) is 27.8 Å². The predicted molar refractivity (Wildman–Crippen MR) is 88.6 cm³/mol. The SMILES string of the molecule is Cc1ccnc(C(=O)N[C@H]2CC[C@H]3C4CCC(CC4)[C@H]3C2=O)c1O. The number of hydrogen-bond acceptors (Lipinski definition) is 4. The number of amides is 1. The van der Waals surface area contributed by atoms with Crippen LogP contribution in [0.15, 0.2) is 12.3 Å². The third-order valence-electron chi connectivity index (χ3n) is 6.50. The summed E-state index contributed by atoms with van der Waals surface area (Å²) in [6.45, 7) is 1.73. The fourth-order valence-electron chi connectivity index (χ4n) is 5.25. The molecule has 1 aromatic rings. The first-order valence-corrected chi connectivity index (χ1v) is 9.05. The molecule has 0 saturated heterocycles. The summed E-state index contributed by atoms with van der Waals surface area (Å²) in [6.07, 6.45) is 8.12. The lowest BCUT2D eigenvalue weighted by Gasteiger charge is -2.51. The van der Waals surface area contributed by atoms with Crippen LogP contribution in [0.5, 0.6) is 5.75 Å². The Morgan fingerprint density at radius 3 is 2.62 bits per heavy atom. The normalized spacial score (nSPS) is 34.7. The second-order valence-electron chi connectivity index (χ2n) is 7.70. The van der Waals surface area contributed by atoms with Gasteiger partial charge in [-0.05, 0) is 74.8 Å². The van der Waals surface area contributed by atoms with Crippen molar-refractivity contribution < 1.29 is 14.7 Å². The zero-order valence-corrected chi connectivity index (χ0v) is 14.0. The van der Waals surface area contributed by atoms with Crippen LogP contribution in [0.2, 0.25) is 0 Å². The molecule has 0 spiro atoms. The number of hydrogen-bond donors (Lipinski definition) is 2. The molecular weight excluding hydrogens is 304 g/mol. The molecule has 1 amide bonds. The highest BCUT2D eigenvalue weighted by Crippen LogP contribution is 2.53. The van der Waals surface area contributed by atoms with Crippen molar-refractivity contribution in [1.29, 1.82) is 0 Å². The molecule has 1 heterocycles. The van der Waals surface area contributed by atoms with Gasteiger partial charge >= 0.3 is 0 Å². The second-order valence-corrected chi connectivity index (χ2v) is 7.70. The molecule has 0 aliphatic heterocycles. The molecule has 3 atom stereocenters. The van der Waals surface area contributed by atoms with Crippen molar-refractivity contribution in [3.8, 4) is 5.75 Å². The van der Waals surface area contributed by atoms with Crippen LogP contribution < -0.4 is 5.32 Å². The Kier molecular flexibility index (Phi) is 3.82. The van der Waals surface area contributed by atoms with E-state index in [0.29, 0.717) is 29.7 Å². The van der Waals surface area contributed by atoms with Crippen molar-refractivity contribution in [3.05, 3.63) is 23.5 Å². The Morgan fingerprint density at radius 2 is 1.88 bits per heavy atom. The van der Waals surface area contributed by atoms with Gasteiger partial charge in [0.25, 0.3) is 5.91 Å². The summed E-state index contributed by atoms with van der Waals surface area (Å²) in [6, 6.07) is 1.22. The van der Waals surface area contributed by atoms with Crippen LogP contribution in [-0.2, 0) is 4.79 Å². The smallest absolute Gasteiger partial charge is 0.274 e. The standard InChI is InChI=1S/C19H24N2O3/c1-10-8-9-20-16(17(10)22)19(24)21-14-7-6-13-11-2-4-12(5-3-11)15(13)18(14)23/h8-9,11-15,22H,2-7H2,1H3,(H,21,24)/t11?,12?,13-,14-,15+/m0/s1. The summed E-state index contributed by atoms with van der Waals surface area (Å²) in [5.41, 5.74) is 0.616. The highest BCUT2D eigenvalue weighted by Gasteiger charge is 2.50. The van der Waals surface area contributed by atoms with Gasteiger partial charge in [0.15, 0.2) is 11.5 Å². The van der Waals surface area contributed by atoms with E-state index in [9.17, 15) is 14.7 Å². The summed E-state index contributed by atoms with van der Waals surface area (Å²) in [7, 11) is 0. The molecule has 4 saturated carbocycles. The minimum absolute atomic E-state index is 0.00934. The number of aromatic hydroxyl groups is 1. The van der Waals surface area contributed by atoms with Gasteiger partial charge in [0.05, 0.1) is 6.04 Å². The number of pyridine rings is 1. The van der Waals surface area contributed by atoms with E-state index in [1.165, 1.54) is 31.9 Å². The largest absolute Gasteiger partial charge is 0.505 e. The fourth-order valence-corrected chi connectivity index (χ4v) is 5.25. The van der Waals surface area contributed by atoms with Gasteiger partial charge in [-0.25, -0.2) is 4.98 Å². The fraction of sp³-hybridized carbons (Fsp3) is 0.632. The molecule has 5 rings (SSSR count). The van der Waals surface area contributed by atoms with Crippen LogP contribution in [0, 0.1) is 30.6 Å². The molecule has 5 heteroatoms. The Labute approximate surface area is 141 Å². The van der Waals surface area contributed by atoms with E-state index in [1.54, 1.807) is 13.0 Å². The molecule has 0 aromatic carbocycles. The maximum Gasteiger partial charge on any atom is 0.274 e. The topological polar surface area (TPSA) is 79.3 Å². The molecule has 4 aliphatic rings. The van der Waals surface area contributed by atoms with Crippen molar-refractivity contribution >= 4 is 11.7 Å². The number of carbonyl (C=O) groups excluding carboxylic acids is 2. The minimum Gasteiger partial charge on any atom is -0.505 e. The number of Topliss-reactive ketones (excluding diaryl/α,β-unsaturated/α-hetero) is 1. The Balaban J connectivity index is 1.50. The van der Waals surface area contributed by atoms with E-state index in [0.717, 1.165) is 6.42 Å². The Morgan fingerprint density at radius 1 is 1.17 bits per heavy atom. The Bertz CT molecular complexity index is 679. The van der Waals surface area contributed by atoms with Crippen molar-refractivity contribution in [3.63, 3.8) is 0 Å². The number of nitrogens with zero attached hydrogens (tertiary/aromatic N) is 1. The molecule has 128 valence electrons. The van der Waals surface area contributed by atoms with E-state index in [-0.39, 0.29) is 23.1 Å². The first kappa shape index (κ1) is 15.6. The molecule has 0 radical (unpaired) electrons. The average molecular weight is 328 g/mol. The van der Waals surface area contributed by atoms with E-state index < -0.39 is 11.9 Å². The summed E-state index contributed by atoms with van der Waals surface area (Å²) >= 11 is 0. The number of fused-ring (bicyclic) bond motifs is 2. The zero-order chi connectivity index (χ0) is 16.8. The highest BCUT2D eigenvalue weighted by atomic mass is 16.3. The van der Waals surface area contributed by atoms with Crippen molar-refractivity contribution in [1.82, 2.24) is 10.3 Å². The van der Waals surface area contributed by atoms with Gasteiger partial charge in [0, 0.05) is 12.1 Å². The number of rotatable bonds is 2. The monoisotopic (exact) mass is 328 g/mol. The van der Waals surface area contributed by atoms with E-state index in [1.807, 2.05) is 0 Å². The quantitative estimate of drug-likeness (QED) is 0.874. The Hall–Kier alpha value is -1.91. The highest BCUT2D eigenvalue weighted by molar-refractivity contribution is 5.99. The van der Waals surface area contributed by atoms with Crippen LogP contribution in [0.3, 0.4) is 0 Å². The van der Waals surface area contributed by atoms with Gasteiger partial charge in [0.1, 0.15) is 5.75 Å². The lowest BCUT2D eigenvalue weighted by molar-refractivity contribution is -0.138. The van der Waals surface area contributed by atoms with Gasteiger partial charge in [-0.3, -0.25) is 9.59 Å². The van der Waals surface area contributed by atoms with Gasteiger partial charge in [0.2, 0.25) is 0 Å². The van der Waals surface area contributed by atoms with Crippen molar-refractivity contribution in [2.24, 2.45) is 23.7 Å². The molecule has 1 aromatic heterocycles. The maximum absolute atomic E-state index is 13.0. The lowest BCUT2D eigenvalue weighted by Crippen LogP contribution is -2.55. The van der Waals surface area contributed by atoms with Crippen LogP contribution in [0.25, 0.3) is 0 Å². The van der Waals surface area contributed by atoms with Crippen molar-refractivity contribution in [2.45, 2.75) is 51.5 Å². The van der Waals surface area contributed by atoms with Gasteiger partial charge < -0.3 is 10.4 Å². The van der Waals surface area contributed by atoms with Gasteiger partial charge in [-0.15, -0.1) is 0 Å². The minimum atomic E-state index is -0.450. The van der Waals surface area contributed by atoms with Crippen LogP contribution >= 0.6 is 0 Å². The first-order chi connectivity index (χ1) is 11.6. The van der Waals surface area contributed by atoms with E-state index in [4.69, 9.17) is 0 Å². The van der Waals surface area contributed by atoms with E-state index >= 15 is 0 Å². The van der Waals surface area contributed by atoms with Gasteiger partial charge in [-0.1, -0.05) is 0 Å². The van der Waals surface area contributed by atoms with E-state index in [2.05, 4.69) is 10.3 Å². The summed E-state index contributed by atoms with van der Waals surface area (Å²) in [5, 5.41) is 12.9.